The van der Waals surface area contributed by atoms with Gasteiger partial charge < -0.3 is 10.4 Å². The standard InChI is InChI=1S/C16H25NO/c1-13-7-9-14(10-8-13)11-17-16(12-18)15-5-3-2-4-6-15/h2-6,13-14,16-18H,7-12H2,1H3/t13?,14?,16-/m1/s1. The zero-order chi connectivity index (χ0) is 12.8. The van der Waals surface area contributed by atoms with Crippen molar-refractivity contribution in [3.63, 3.8) is 0 Å². The maximum Gasteiger partial charge on any atom is 0.0626 e. The molecule has 1 aromatic rings. The monoisotopic (exact) mass is 247 g/mol. The minimum absolute atomic E-state index is 0.0885. The highest BCUT2D eigenvalue weighted by Gasteiger charge is 2.19. The minimum atomic E-state index is 0.0885. The van der Waals surface area contributed by atoms with E-state index in [1.165, 1.54) is 31.2 Å². The van der Waals surface area contributed by atoms with Crippen molar-refractivity contribution in [2.24, 2.45) is 11.8 Å². The fourth-order valence-electron chi connectivity index (χ4n) is 2.82. The minimum Gasteiger partial charge on any atom is -0.394 e. The van der Waals surface area contributed by atoms with E-state index in [0.717, 1.165) is 18.4 Å². The van der Waals surface area contributed by atoms with E-state index in [0.29, 0.717) is 0 Å². The van der Waals surface area contributed by atoms with Crippen LogP contribution in [-0.4, -0.2) is 18.3 Å². The second kappa shape index (κ2) is 6.91. The van der Waals surface area contributed by atoms with Crippen LogP contribution in [0.1, 0.15) is 44.2 Å². The lowest BCUT2D eigenvalue weighted by atomic mass is 9.83. The van der Waals surface area contributed by atoms with Crippen LogP contribution in [-0.2, 0) is 0 Å². The quantitative estimate of drug-likeness (QED) is 0.838. The largest absolute Gasteiger partial charge is 0.394 e. The summed E-state index contributed by atoms with van der Waals surface area (Å²) in [6.45, 7) is 3.56. The van der Waals surface area contributed by atoms with Crippen LogP contribution in [0.3, 0.4) is 0 Å². The molecule has 1 aliphatic rings. The first-order chi connectivity index (χ1) is 8.79. The van der Waals surface area contributed by atoms with Gasteiger partial charge in [0.25, 0.3) is 0 Å². The molecular weight excluding hydrogens is 222 g/mol. The molecule has 1 aliphatic carbocycles. The Labute approximate surface area is 110 Å². The molecule has 0 bridgehead atoms. The fourth-order valence-corrected chi connectivity index (χ4v) is 2.82. The highest BCUT2D eigenvalue weighted by molar-refractivity contribution is 5.18. The number of hydrogen-bond donors (Lipinski definition) is 2. The van der Waals surface area contributed by atoms with Crippen molar-refractivity contribution in [3.05, 3.63) is 35.9 Å². The van der Waals surface area contributed by atoms with E-state index in [-0.39, 0.29) is 12.6 Å². The van der Waals surface area contributed by atoms with Crippen LogP contribution >= 0.6 is 0 Å². The first kappa shape index (κ1) is 13.6. The van der Waals surface area contributed by atoms with Crippen LogP contribution in [0.4, 0.5) is 0 Å². The highest BCUT2D eigenvalue weighted by Crippen LogP contribution is 2.28. The number of nitrogens with one attached hydrogen (secondary N) is 1. The molecule has 100 valence electrons. The normalized spacial score (nSPS) is 25.9. The number of hydrogen-bond acceptors (Lipinski definition) is 2. The van der Waals surface area contributed by atoms with Gasteiger partial charge >= 0.3 is 0 Å². The lowest BCUT2D eigenvalue weighted by Crippen LogP contribution is -2.31. The fraction of sp³-hybridized carbons (Fsp3) is 0.625. The zero-order valence-electron chi connectivity index (χ0n) is 11.3. The Balaban J connectivity index is 1.81. The van der Waals surface area contributed by atoms with E-state index in [9.17, 15) is 5.11 Å². The molecule has 0 heterocycles. The average Bonchev–Trinajstić information content (AvgIpc) is 2.43. The van der Waals surface area contributed by atoms with Gasteiger partial charge in [-0.05, 0) is 36.8 Å². The van der Waals surface area contributed by atoms with Crippen LogP contribution in [0, 0.1) is 11.8 Å². The number of benzene rings is 1. The Bertz CT molecular complexity index is 330. The Morgan fingerprint density at radius 1 is 1.17 bits per heavy atom. The molecule has 18 heavy (non-hydrogen) atoms. The van der Waals surface area contributed by atoms with Crippen LogP contribution in [0.25, 0.3) is 0 Å². The number of aliphatic hydroxyl groups is 1. The predicted molar refractivity (Wildman–Crippen MR) is 75.4 cm³/mol. The molecule has 2 nitrogen and oxygen atoms in total. The van der Waals surface area contributed by atoms with Crippen molar-refractivity contribution in [2.75, 3.05) is 13.2 Å². The van der Waals surface area contributed by atoms with E-state index in [1.54, 1.807) is 0 Å². The van der Waals surface area contributed by atoms with Crippen molar-refractivity contribution >= 4 is 0 Å². The van der Waals surface area contributed by atoms with Gasteiger partial charge in [0.1, 0.15) is 0 Å². The van der Waals surface area contributed by atoms with Crippen LogP contribution in [0.5, 0.6) is 0 Å². The molecule has 0 amide bonds. The molecule has 2 rings (SSSR count). The first-order valence-corrected chi connectivity index (χ1v) is 7.18. The summed E-state index contributed by atoms with van der Waals surface area (Å²) >= 11 is 0. The van der Waals surface area contributed by atoms with Crippen molar-refractivity contribution in [1.29, 1.82) is 0 Å². The van der Waals surface area contributed by atoms with Gasteiger partial charge in [-0.2, -0.15) is 0 Å². The summed E-state index contributed by atoms with van der Waals surface area (Å²) in [5.74, 6) is 1.70. The van der Waals surface area contributed by atoms with Crippen molar-refractivity contribution < 1.29 is 5.11 Å². The lowest BCUT2D eigenvalue weighted by molar-refractivity contribution is 0.223. The molecule has 1 atom stereocenters. The van der Waals surface area contributed by atoms with E-state index < -0.39 is 0 Å². The van der Waals surface area contributed by atoms with Crippen molar-refractivity contribution in [2.45, 2.75) is 38.6 Å². The number of rotatable bonds is 5. The highest BCUT2D eigenvalue weighted by atomic mass is 16.3. The third kappa shape index (κ3) is 3.82. The second-order valence-electron chi connectivity index (χ2n) is 5.68. The van der Waals surface area contributed by atoms with Gasteiger partial charge in [0, 0.05) is 0 Å². The molecular formula is C16H25NO. The molecule has 0 saturated heterocycles. The zero-order valence-corrected chi connectivity index (χ0v) is 11.3. The van der Waals surface area contributed by atoms with Crippen LogP contribution < -0.4 is 5.32 Å². The molecule has 0 aromatic heterocycles. The van der Waals surface area contributed by atoms with Gasteiger partial charge in [0.15, 0.2) is 0 Å². The first-order valence-electron chi connectivity index (χ1n) is 7.18. The van der Waals surface area contributed by atoms with E-state index in [4.69, 9.17) is 0 Å². The van der Waals surface area contributed by atoms with Gasteiger partial charge in [-0.25, -0.2) is 0 Å². The molecule has 0 aliphatic heterocycles. The van der Waals surface area contributed by atoms with E-state index >= 15 is 0 Å². The average molecular weight is 247 g/mol. The van der Waals surface area contributed by atoms with Gasteiger partial charge in [0.2, 0.25) is 0 Å². The van der Waals surface area contributed by atoms with Gasteiger partial charge in [-0.15, -0.1) is 0 Å². The summed E-state index contributed by atoms with van der Waals surface area (Å²) < 4.78 is 0. The molecule has 0 spiro atoms. The topological polar surface area (TPSA) is 32.3 Å². The summed E-state index contributed by atoms with van der Waals surface area (Å²) in [7, 11) is 0. The summed E-state index contributed by atoms with van der Waals surface area (Å²) in [6.07, 6.45) is 5.39. The predicted octanol–water partition coefficient (Wildman–Crippen LogP) is 3.14. The summed E-state index contributed by atoms with van der Waals surface area (Å²) in [5.41, 5.74) is 1.18. The lowest BCUT2D eigenvalue weighted by Gasteiger charge is -2.28. The van der Waals surface area contributed by atoms with E-state index in [1.807, 2.05) is 18.2 Å². The van der Waals surface area contributed by atoms with Gasteiger partial charge in [-0.3, -0.25) is 0 Å². The summed E-state index contributed by atoms with van der Waals surface area (Å²) in [6, 6.07) is 10.3. The van der Waals surface area contributed by atoms with Crippen LogP contribution in [0.2, 0.25) is 0 Å². The second-order valence-corrected chi connectivity index (χ2v) is 5.68. The molecule has 1 saturated carbocycles. The summed E-state index contributed by atoms with van der Waals surface area (Å²) in [5, 5.41) is 13.0. The molecule has 1 fully saturated rings. The third-order valence-corrected chi connectivity index (χ3v) is 4.17. The SMILES string of the molecule is CC1CCC(CN[C@H](CO)c2ccccc2)CC1. The smallest absolute Gasteiger partial charge is 0.0626 e. The Kier molecular flexibility index (Phi) is 5.21. The Morgan fingerprint density at radius 3 is 2.44 bits per heavy atom. The maximum absolute atomic E-state index is 9.49. The molecule has 0 unspecified atom stereocenters. The van der Waals surface area contributed by atoms with Crippen LogP contribution in [0.15, 0.2) is 30.3 Å². The molecule has 1 aromatic carbocycles. The molecule has 0 radical (unpaired) electrons. The van der Waals surface area contributed by atoms with Crippen molar-refractivity contribution in [1.82, 2.24) is 5.32 Å². The maximum atomic E-state index is 9.49. The summed E-state index contributed by atoms with van der Waals surface area (Å²) in [4.78, 5) is 0. The molecule has 2 heteroatoms. The van der Waals surface area contributed by atoms with Gasteiger partial charge in [-0.1, -0.05) is 50.1 Å². The van der Waals surface area contributed by atoms with E-state index in [2.05, 4.69) is 24.4 Å². The number of aliphatic hydroxyl groups excluding tert-OH is 1. The Hall–Kier alpha value is -0.860. The Morgan fingerprint density at radius 2 is 1.83 bits per heavy atom. The van der Waals surface area contributed by atoms with Crippen molar-refractivity contribution in [3.8, 4) is 0 Å². The molecule has 2 N–H and O–H groups in total. The third-order valence-electron chi connectivity index (χ3n) is 4.17. The van der Waals surface area contributed by atoms with Gasteiger partial charge in [0.05, 0.1) is 12.6 Å².